The van der Waals surface area contributed by atoms with Crippen molar-refractivity contribution in [1.29, 1.82) is 0 Å². The fraction of sp³-hybridized carbons (Fsp3) is 0.750. The summed E-state index contributed by atoms with van der Waals surface area (Å²) in [5, 5.41) is 126. The van der Waals surface area contributed by atoms with E-state index in [0.29, 0.717) is 5.57 Å². The number of nitrogens with zero attached hydrogens (tertiary/aromatic N) is 1. The molecular formula is C56H95N3O17. The summed E-state index contributed by atoms with van der Waals surface area (Å²) in [6.45, 7) is 11.4. The summed E-state index contributed by atoms with van der Waals surface area (Å²) >= 11 is 0. The number of rotatable bonds is 12. The molecule has 2 rings (SSSR count). The molecule has 0 aromatic carbocycles. The lowest BCUT2D eigenvalue weighted by Gasteiger charge is -2.45. The number of carbonyl (C=O) groups is 3. The molecule has 20 nitrogen and oxygen atoms in total. The highest BCUT2D eigenvalue weighted by Crippen LogP contribution is 2.36. The van der Waals surface area contributed by atoms with E-state index in [1.54, 1.807) is 59.0 Å². The third kappa shape index (κ3) is 25.6. The number of aliphatic carboxylic acids is 1. The average molecular weight is 1080 g/mol. The van der Waals surface area contributed by atoms with Gasteiger partial charge in [-0.05, 0) is 75.7 Å². The second-order valence-electron chi connectivity index (χ2n) is 21.3. The van der Waals surface area contributed by atoms with Gasteiger partial charge in [-0.1, -0.05) is 83.2 Å². The zero-order valence-corrected chi connectivity index (χ0v) is 46.1. The van der Waals surface area contributed by atoms with E-state index in [2.05, 4.69) is 27.8 Å². The van der Waals surface area contributed by atoms with Gasteiger partial charge in [0, 0.05) is 83.0 Å². The normalized spacial score (nSPS) is 37.5. The molecule has 13 N–H and O–H groups in total. The van der Waals surface area contributed by atoms with Crippen molar-refractivity contribution in [3.63, 3.8) is 0 Å². The van der Waals surface area contributed by atoms with Crippen molar-refractivity contribution >= 4 is 23.9 Å². The number of esters is 2. The predicted molar refractivity (Wildman–Crippen MR) is 287 cm³/mol. The number of nitrogens with one attached hydrogen (secondary N) is 2. The highest BCUT2D eigenvalue weighted by atomic mass is 16.7. The van der Waals surface area contributed by atoms with Gasteiger partial charge in [0.2, 0.25) is 0 Å². The third-order valence-corrected chi connectivity index (χ3v) is 14.7. The van der Waals surface area contributed by atoms with E-state index in [4.69, 9.17) is 14.2 Å². The van der Waals surface area contributed by atoms with E-state index in [9.17, 15) is 70.6 Å². The molecule has 0 radical (unpaired) electrons. The number of aliphatic imine (C=N–C) groups is 1. The molecule has 0 unspecified atom stereocenters. The lowest BCUT2D eigenvalue weighted by Crippen LogP contribution is -2.60. The maximum atomic E-state index is 13.3. The van der Waals surface area contributed by atoms with Crippen LogP contribution in [0.5, 0.6) is 0 Å². The Labute approximate surface area is 450 Å². The Morgan fingerprint density at radius 3 is 2.13 bits per heavy atom. The van der Waals surface area contributed by atoms with Crippen LogP contribution in [0.4, 0.5) is 0 Å². The van der Waals surface area contributed by atoms with Crippen LogP contribution in [-0.2, 0) is 28.6 Å². The van der Waals surface area contributed by atoms with E-state index in [-0.39, 0.29) is 63.2 Å². The largest absolute Gasteiger partial charge is 0.481 e. The first kappa shape index (κ1) is 68.0. The number of unbranched alkanes of at least 4 members (excludes halogenated alkanes) is 2. The fourth-order valence-electron chi connectivity index (χ4n) is 9.52. The van der Waals surface area contributed by atoms with Gasteiger partial charge >= 0.3 is 17.9 Å². The van der Waals surface area contributed by atoms with Crippen LogP contribution >= 0.6 is 0 Å². The first-order chi connectivity index (χ1) is 35.8. The molecule has 0 amide bonds. The number of ether oxygens (including phenoxy) is 3. The standard InChI is InChI=1S/C56H95N3O17/c1-34-18-14-15-22-51(70)75-53(37(4)19-13-11-9-10-12-16-25-59-55(57-7)58-8)38(5)21-17-20-35(2)45(63)28-41(61)26-40(60)27-42(74-52(71)32-50(68)69)29-43-30-48(66)54(72)56(73,76-43)33-49(67)36(3)23-24-44(62)39(6)47(65)31-46(34)64/h9-10,14-15,17-18,20-22,34,36-49,53-54,60-67,72-73H,11-13,16,19,23-33H2,1-8H3,(H,68,69)(H2,57,58,59)/b10-9+,18-14-,21-17-,22-15-,35-20-/t34-,36+,37+,38+,39+,40+,41-,42+,43-,44-,45+,46-,47+,48+,49-,53-,54-,56-/m1/s1. The summed E-state index contributed by atoms with van der Waals surface area (Å²) in [5.74, 6) is -7.07. The molecular weight excluding hydrogens is 987 g/mol. The number of cyclic esters (lactones) is 1. The molecule has 76 heavy (non-hydrogen) atoms. The molecule has 2 bridgehead atoms. The Morgan fingerprint density at radius 1 is 0.816 bits per heavy atom. The lowest BCUT2D eigenvalue weighted by atomic mass is 9.84. The Balaban J connectivity index is 2.39. The van der Waals surface area contributed by atoms with Gasteiger partial charge in [-0.15, -0.1) is 0 Å². The molecule has 0 spiro atoms. The number of carboxylic acid groups (broad SMARTS) is 1. The zero-order valence-electron chi connectivity index (χ0n) is 46.1. The van der Waals surface area contributed by atoms with Gasteiger partial charge in [-0.3, -0.25) is 14.6 Å². The van der Waals surface area contributed by atoms with Gasteiger partial charge in [0.1, 0.15) is 24.7 Å². The fourth-order valence-corrected chi connectivity index (χ4v) is 9.52. The Bertz CT molecular complexity index is 1900. The first-order valence-electron chi connectivity index (χ1n) is 27.2. The molecule has 0 aromatic rings. The second kappa shape index (κ2) is 35.4. The molecule has 2 aliphatic heterocycles. The van der Waals surface area contributed by atoms with E-state index in [1.807, 2.05) is 27.0 Å². The first-order valence-corrected chi connectivity index (χ1v) is 27.2. The van der Waals surface area contributed by atoms with Gasteiger partial charge in [-0.2, -0.15) is 0 Å². The van der Waals surface area contributed by atoms with Crippen LogP contribution < -0.4 is 10.6 Å². The van der Waals surface area contributed by atoms with Crippen LogP contribution in [0.2, 0.25) is 0 Å². The van der Waals surface area contributed by atoms with E-state index < -0.39 is 128 Å². The zero-order chi connectivity index (χ0) is 57.1. The number of allylic oxidation sites excluding steroid dienone is 6. The average Bonchev–Trinajstić information content (AvgIpc) is 3.34. The number of hydrogen-bond acceptors (Lipinski definition) is 17. The van der Waals surface area contributed by atoms with Crippen LogP contribution in [0.3, 0.4) is 0 Å². The maximum absolute atomic E-state index is 13.3. The SMILES string of the molecule is CN=C(NC)NCCC/C=C/CCC[C@H](C)[C@H]1OC(=O)/C=C\C=C/[C@@H](C)[C@H](O)C[C@H](O)[C@@H](C)[C@H](O)CC[C@H](C)[C@H](O)C[C@@]2(O)O[C@H](C[C@@H](OC(=O)CC(=O)O)C[C@@H](O)C[C@@H](O)C[C@H](O)/C(C)=C\C=C/[C@@H]1C)C[C@H](O)[C@H]2O. The van der Waals surface area contributed by atoms with Gasteiger partial charge < -0.3 is 81.0 Å². The van der Waals surface area contributed by atoms with Crippen LogP contribution in [0, 0.1) is 29.6 Å². The van der Waals surface area contributed by atoms with Crippen LogP contribution in [0.25, 0.3) is 0 Å². The highest BCUT2D eigenvalue weighted by molar-refractivity contribution is 5.90. The molecule has 436 valence electrons. The lowest BCUT2D eigenvalue weighted by molar-refractivity contribution is -0.333. The highest BCUT2D eigenvalue weighted by Gasteiger charge is 2.50. The molecule has 20 heteroatoms. The van der Waals surface area contributed by atoms with Crippen molar-refractivity contribution in [1.82, 2.24) is 10.6 Å². The number of aliphatic hydroxyl groups is 10. The van der Waals surface area contributed by atoms with Crippen molar-refractivity contribution in [3.05, 3.63) is 60.3 Å². The van der Waals surface area contributed by atoms with Crippen LogP contribution in [0.15, 0.2) is 65.2 Å². The quantitative estimate of drug-likeness (QED) is 0.0333. The van der Waals surface area contributed by atoms with Crippen molar-refractivity contribution in [2.75, 3.05) is 20.6 Å². The van der Waals surface area contributed by atoms with Gasteiger partial charge in [0.15, 0.2) is 11.7 Å². The number of aliphatic hydroxyl groups excluding tert-OH is 9. The summed E-state index contributed by atoms with van der Waals surface area (Å²) in [7, 11) is 3.53. The van der Waals surface area contributed by atoms with Crippen molar-refractivity contribution < 1.29 is 84.8 Å². The summed E-state index contributed by atoms with van der Waals surface area (Å²) in [4.78, 5) is 41.3. The number of fused-ring (bicyclic) bond motifs is 2. The van der Waals surface area contributed by atoms with Crippen molar-refractivity contribution in [3.8, 4) is 0 Å². The Hall–Kier alpha value is -4.06. The number of carbonyl (C=O) groups excluding carboxylic acids is 2. The van der Waals surface area contributed by atoms with Crippen LogP contribution in [0.1, 0.15) is 138 Å². The molecule has 0 aromatic heterocycles. The number of hydrogen-bond donors (Lipinski definition) is 13. The third-order valence-electron chi connectivity index (χ3n) is 14.7. The van der Waals surface area contributed by atoms with E-state index in [0.717, 1.165) is 44.6 Å². The van der Waals surface area contributed by atoms with Crippen molar-refractivity contribution in [2.45, 2.75) is 217 Å². The minimum atomic E-state index is -2.52. The minimum Gasteiger partial charge on any atom is -0.481 e. The smallest absolute Gasteiger partial charge is 0.331 e. The summed E-state index contributed by atoms with van der Waals surface area (Å²) in [5.41, 5.74) is 0.484. The second-order valence-corrected chi connectivity index (χ2v) is 21.3. The maximum Gasteiger partial charge on any atom is 0.331 e. The topological polar surface area (TPSA) is 338 Å². The molecule has 0 aliphatic carbocycles. The van der Waals surface area contributed by atoms with Gasteiger partial charge in [0.25, 0.3) is 0 Å². The summed E-state index contributed by atoms with van der Waals surface area (Å²) in [6.07, 6.45) is 2.44. The molecule has 1 saturated heterocycles. The molecule has 18 atom stereocenters. The predicted octanol–water partition coefficient (Wildman–Crippen LogP) is 3.24. The Kier molecular flexibility index (Phi) is 31.7. The summed E-state index contributed by atoms with van der Waals surface area (Å²) < 4.78 is 17.4. The Morgan fingerprint density at radius 2 is 1.47 bits per heavy atom. The van der Waals surface area contributed by atoms with E-state index in [1.165, 1.54) is 12.2 Å². The van der Waals surface area contributed by atoms with Crippen LogP contribution in [-0.4, -0.2) is 180 Å². The minimum absolute atomic E-state index is 0.0526. The number of carboxylic acids is 1. The molecule has 2 heterocycles. The van der Waals surface area contributed by atoms with Crippen molar-refractivity contribution in [2.24, 2.45) is 34.6 Å². The van der Waals surface area contributed by atoms with Gasteiger partial charge in [-0.25, -0.2) is 4.79 Å². The summed E-state index contributed by atoms with van der Waals surface area (Å²) in [6, 6.07) is 0. The monoisotopic (exact) mass is 1080 g/mol. The molecule has 2 aliphatic rings. The van der Waals surface area contributed by atoms with E-state index >= 15 is 0 Å². The number of guanidine groups is 1. The molecule has 1 fully saturated rings. The molecule has 0 saturated carbocycles. The van der Waals surface area contributed by atoms with Gasteiger partial charge in [0.05, 0.1) is 54.9 Å².